The highest BCUT2D eigenvalue weighted by atomic mass is 19.1. The van der Waals surface area contributed by atoms with E-state index in [1.54, 1.807) is 6.07 Å². The van der Waals surface area contributed by atoms with Gasteiger partial charge >= 0.3 is 0 Å². The zero-order chi connectivity index (χ0) is 14.3. The average Bonchev–Trinajstić information content (AvgIpc) is 2.34. The van der Waals surface area contributed by atoms with Gasteiger partial charge in [-0.05, 0) is 57.0 Å². The second kappa shape index (κ2) is 8.25. The number of aliphatic hydroxyl groups is 1. The fourth-order valence-corrected chi connectivity index (χ4v) is 1.79. The van der Waals surface area contributed by atoms with Gasteiger partial charge in [-0.25, -0.2) is 4.39 Å². The molecule has 0 radical (unpaired) electrons. The third-order valence-electron chi connectivity index (χ3n) is 2.88. The van der Waals surface area contributed by atoms with Crippen LogP contribution in [-0.2, 0) is 11.2 Å². The van der Waals surface area contributed by atoms with Crippen molar-refractivity contribution in [3.05, 3.63) is 35.1 Å². The number of hydrogen-bond acceptors (Lipinski definition) is 3. The summed E-state index contributed by atoms with van der Waals surface area (Å²) in [6.07, 6.45) is 0.470. The predicted octanol–water partition coefficient (Wildman–Crippen LogP) is 2.05. The van der Waals surface area contributed by atoms with Crippen LogP contribution >= 0.6 is 0 Å². The van der Waals surface area contributed by atoms with Gasteiger partial charge < -0.3 is 15.2 Å². The lowest BCUT2D eigenvalue weighted by Crippen LogP contribution is -2.32. The van der Waals surface area contributed by atoms with Crippen LogP contribution in [0.15, 0.2) is 18.2 Å². The first-order valence-electron chi connectivity index (χ1n) is 6.74. The van der Waals surface area contributed by atoms with Gasteiger partial charge in [-0.15, -0.1) is 0 Å². The summed E-state index contributed by atoms with van der Waals surface area (Å²) in [7, 11) is 0. The molecule has 0 aliphatic rings. The molecule has 1 aromatic rings. The van der Waals surface area contributed by atoms with Gasteiger partial charge in [-0.3, -0.25) is 0 Å². The molecule has 0 saturated heterocycles. The van der Waals surface area contributed by atoms with E-state index < -0.39 is 6.10 Å². The second-order valence-electron chi connectivity index (χ2n) is 5.06. The van der Waals surface area contributed by atoms with Gasteiger partial charge in [0.25, 0.3) is 0 Å². The molecule has 1 rings (SSSR count). The number of hydrogen-bond donors (Lipinski definition) is 2. The lowest BCUT2D eigenvalue weighted by atomic mass is 10.1. The molecule has 0 fully saturated rings. The minimum atomic E-state index is -0.489. The molecule has 19 heavy (non-hydrogen) atoms. The second-order valence-corrected chi connectivity index (χ2v) is 5.06. The van der Waals surface area contributed by atoms with Crippen LogP contribution in [0.1, 0.15) is 25.0 Å². The van der Waals surface area contributed by atoms with Crippen LogP contribution in [0.3, 0.4) is 0 Å². The van der Waals surface area contributed by atoms with Crippen LogP contribution in [0.25, 0.3) is 0 Å². The number of aryl methyl sites for hydroxylation is 1. The molecule has 4 heteroatoms. The first kappa shape index (κ1) is 16.1. The molecule has 1 atom stereocenters. The third kappa shape index (κ3) is 6.66. The molecular formula is C15H24FNO2. The molecule has 3 nitrogen and oxygen atoms in total. The molecule has 0 aromatic heterocycles. The van der Waals surface area contributed by atoms with Gasteiger partial charge in [-0.2, -0.15) is 0 Å². The first-order valence-corrected chi connectivity index (χ1v) is 6.74. The van der Waals surface area contributed by atoms with E-state index in [-0.39, 0.29) is 11.9 Å². The van der Waals surface area contributed by atoms with E-state index in [1.807, 2.05) is 26.8 Å². The highest BCUT2D eigenvalue weighted by molar-refractivity contribution is 5.26. The summed E-state index contributed by atoms with van der Waals surface area (Å²) in [6.45, 7) is 7.40. The Morgan fingerprint density at radius 3 is 2.74 bits per heavy atom. The van der Waals surface area contributed by atoms with E-state index >= 15 is 0 Å². The van der Waals surface area contributed by atoms with Crippen LogP contribution in [0.2, 0.25) is 0 Å². The molecule has 0 aliphatic carbocycles. The monoisotopic (exact) mass is 269 g/mol. The maximum absolute atomic E-state index is 12.9. The van der Waals surface area contributed by atoms with Gasteiger partial charge in [0.15, 0.2) is 0 Å². The molecule has 0 saturated carbocycles. The average molecular weight is 269 g/mol. The Hall–Kier alpha value is -0.970. The Morgan fingerprint density at radius 2 is 2.11 bits per heavy atom. The minimum Gasteiger partial charge on any atom is -0.389 e. The fourth-order valence-electron chi connectivity index (χ4n) is 1.79. The van der Waals surface area contributed by atoms with Gasteiger partial charge in [0.2, 0.25) is 0 Å². The van der Waals surface area contributed by atoms with E-state index in [4.69, 9.17) is 4.74 Å². The van der Waals surface area contributed by atoms with Crippen molar-refractivity contribution in [3.8, 4) is 0 Å². The van der Waals surface area contributed by atoms with Gasteiger partial charge in [0, 0.05) is 6.54 Å². The number of halogens is 1. The number of nitrogens with one attached hydrogen (secondary N) is 1. The van der Waals surface area contributed by atoms with E-state index in [9.17, 15) is 9.50 Å². The van der Waals surface area contributed by atoms with Crippen molar-refractivity contribution in [2.75, 3.05) is 19.7 Å². The highest BCUT2D eigenvalue weighted by Gasteiger charge is 2.05. The first-order chi connectivity index (χ1) is 8.99. The van der Waals surface area contributed by atoms with Crippen molar-refractivity contribution < 1.29 is 14.2 Å². The van der Waals surface area contributed by atoms with Gasteiger partial charge in [-0.1, -0.05) is 6.07 Å². The molecule has 2 N–H and O–H groups in total. The van der Waals surface area contributed by atoms with Crippen molar-refractivity contribution >= 4 is 0 Å². The van der Waals surface area contributed by atoms with Gasteiger partial charge in [0.1, 0.15) is 5.82 Å². The Labute approximate surface area is 114 Å². The smallest absolute Gasteiger partial charge is 0.123 e. The SMILES string of the molecule is Cc1cc(F)ccc1CCNCC(O)COC(C)C. The lowest BCUT2D eigenvalue weighted by Gasteiger charge is -2.14. The molecule has 0 heterocycles. The summed E-state index contributed by atoms with van der Waals surface area (Å²) >= 11 is 0. The zero-order valence-corrected chi connectivity index (χ0v) is 11.9. The van der Waals surface area contributed by atoms with Crippen LogP contribution in [0.5, 0.6) is 0 Å². The van der Waals surface area contributed by atoms with Crippen molar-refractivity contribution in [2.24, 2.45) is 0 Å². The normalized spacial score (nSPS) is 12.9. The maximum atomic E-state index is 12.9. The summed E-state index contributed by atoms with van der Waals surface area (Å²) < 4.78 is 18.2. The Bertz CT molecular complexity index is 382. The van der Waals surface area contributed by atoms with E-state index in [1.165, 1.54) is 6.07 Å². The summed E-state index contributed by atoms with van der Waals surface area (Å²) in [5, 5.41) is 12.8. The van der Waals surface area contributed by atoms with E-state index in [2.05, 4.69) is 5.32 Å². The topological polar surface area (TPSA) is 41.5 Å². The predicted molar refractivity (Wildman–Crippen MR) is 74.8 cm³/mol. The largest absolute Gasteiger partial charge is 0.389 e. The number of ether oxygens (including phenoxy) is 1. The summed E-state index contributed by atoms with van der Waals surface area (Å²) in [6, 6.07) is 4.83. The quantitative estimate of drug-likeness (QED) is 0.710. The maximum Gasteiger partial charge on any atom is 0.123 e. The van der Waals surface area contributed by atoms with Crippen molar-refractivity contribution in [3.63, 3.8) is 0 Å². The van der Waals surface area contributed by atoms with Gasteiger partial charge in [0.05, 0.1) is 18.8 Å². The number of aliphatic hydroxyl groups excluding tert-OH is 1. The molecule has 108 valence electrons. The third-order valence-corrected chi connectivity index (χ3v) is 2.88. The summed E-state index contributed by atoms with van der Waals surface area (Å²) in [5.74, 6) is -0.199. The number of benzene rings is 1. The fraction of sp³-hybridized carbons (Fsp3) is 0.600. The highest BCUT2D eigenvalue weighted by Crippen LogP contribution is 2.10. The molecule has 0 spiro atoms. The number of rotatable bonds is 8. The Balaban J connectivity index is 2.20. The lowest BCUT2D eigenvalue weighted by molar-refractivity contribution is 0.00652. The van der Waals surface area contributed by atoms with Crippen LogP contribution < -0.4 is 5.32 Å². The zero-order valence-electron chi connectivity index (χ0n) is 11.9. The van der Waals surface area contributed by atoms with E-state index in [0.29, 0.717) is 13.2 Å². The molecule has 1 aromatic carbocycles. The van der Waals surface area contributed by atoms with Crippen molar-refractivity contribution in [1.82, 2.24) is 5.32 Å². The summed E-state index contributed by atoms with van der Waals surface area (Å²) in [4.78, 5) is 0. The minimum absolute atomic E-state index is 0.136. The molecule has 0 aliphatic heterocycles. The molecule has 0 amide bonds. The van der Waals surface area contributed by atoms with Crippen molar-refractivity contribution in [2.45, 2.75) is 39.4 Å². The summed E-state index contributed by atoms with van der Waals surface area (Å²) in [5.41, 5.74) is 2.09. The molecule has 0 bridgehead atoms. The van der Waals surface area contributed by atoms with E-state index in [0.717, 1.165) is 24.1 Å². The molecule has 1 unspecified atom stereocenters. The van der Waals surface area contributed by atoms with Crippen LogP contribution in [0, 0.1) is 12.7 Å². The Morgan fingerprint density at radius 1 is 1.37 bits per heavy atom. The standard InChI is InChI=1S/C15H24FNO2/c1-11(2)19-10-15(18)9-17-7-6-13-4-5-14(16)8-12(13)3/h4-5,8,11,15,17-18H,6-7,9-10H2,1-3H3. The van der Waals surface area contributed by atoms with Crippen LogP contribution in [0.4, 0.5) is 4.39 Å². The van der Waals surface area contributed by atoms with Crippen molar-refractivity contribution in [1.29, 1.82) is 0 Å². The molecular weight excluding hydrogens is 245 g/mol. The Kier molecular flexibility index (Phi) is 6.99. The van der Waals surface area contributed by atoms with Crippen LogP contribution in [-0.4, -0.2) is 37.0 Å².